The van der Waals surface area contributed by atoms with Gasteiger partial charge >= 0.3 is 5.97 Å². The van der Waals surface area contributed by atoms with E-state index in [1.165, 1.54) is 12.0 Å². The van der Waals surface area contributed by atoms with Crippen molar-refractivity contribution in [1.82, 2.24) is 4.90 Å². The molecule has 0 radical (unpaired) electrons. The number of thioether (sulfide) groups is 1. The first-order valence-corrected chi connectivity index (χ1v) is 9.67. The fraction of sp³-hybridized carbons (Fsp3) is 0.500. The van der Waals surface area contributed by atoms with E-state index in [1.807, 2.05) is 30.5 Å². The molecule has 0 aliphatic carbocycles. The van der Waals surface area contributed by atoms with Gasteiger partial charge in [-0.3, -0.25) is 9.59 Å². The van der Waals surface area contributed by atoms with Gasteiger partial charge < -0.3 is 19.6 Å². The number of likely N-dealkylation sites (tertiary alicyclic amines) is 1. The molecule has 2 aliphatic heterocycles. The Morgan fingerprint density at radius 1 is 1.23 bits per heavy atom. The molecule has 0 bridgehead atoms. The number of nitrogens with zero attached hydrogens (tertiary/aromatic N) is 2. The van der Waals surface area contributed by atoms with Crippen molar-refractivity contribution in [2.75, 3.05) is 31.4 Å². The maximum Gasteiger partial charge on any atom is 0.326 e. The minimum Gasteiger partial charge on any atom is -0.480 e. The van der Waals surface area contributed by atoms with Gasteiger partial charge in [0.15, 0.2) is 0 Å². The van der Waals surface area contributed by atoms with E-state index in [1.54, 1.807) is 16.7 Å². The van der Waals surface area contributed by atoms with Crippen LogP contribution in [0.25, 0.3) is 0 Å². The Labute approximate surface area is 156 Å². The van der Waals surface area contributed by atoms with Crippen LogP contribution >= 0.6 is 11.8 Å². The maximum absolute atomic E-state index is 12.9. The van der Waals surface area contributed by atoms with Gasteiger partial charge in [0.25, 0.3) is 0 Å². The molecule has 140 valence electrons. The number of amides is 2. The van der Waals surface area contributed by atoms with Crippen molar-refractivity contribution in [2.45, 2.75) is 29.9 Å². The van der Waals surface area contributed by atoms with E-state index in [4.69, 9.17) is 4.74 Å². The Balaban J connectivity index is 1.72. The third-order valence-electron chi connectivity index (χ3n) is 5.02. The molecule has 1 aromatic rings. The first kappa shape index (κ1) is 18.7. The summed E-state index contributed by atoms with van der Waals surface area (Å²) in [5.41, 5.74) is 0.758. The lowest BCUT2D eigenvalue weighted by Gasteiger charge is -2.24. The van der Waals surface area contributed by atoms with E-state index in [9.17, 15) is 19.5 Å². The zero-order valence-electron chi connectivity index (χ0n) is 14.8. The molecule has 3 rings (SSSR count). The van der Waals surface area contributed by atoms with E-state index in [0.29, 0.717) is 0 Å². The SMILES string of the molecule is COC1CC(C(=O)O)N(C(=O)C2CC(=O)N(c3ccc(SC)cc3)C2)C1. The van der Waals surface area contributed by atoms with Gasteiger partial charge in [-0.15, -0.1) is 11.8 Å². The maximum atomic E-state index is 12.9. The van der Waals surface area contributed by atoms with Crippen LogP contribution in [0.2, 0.25) is 0 Å². The highest BCUT2D eigenvalue weighted by molar-refractivity contribution is 7.98. The topological polar surface area (TPSA) is 87.1 Å². The highest BCUT2D eigenvalue weighted by Gasteiger charge is 2.45. The van der Waals surface area contributed by atoms with Crippen LogP contribution in [0, 0.1) is 5.92 Å². The second-order valence-corrected chi connectivity index (χ2v) is 7.42. The second-order valence-electron chi connectivity index (χ2n) is 6.54. The average Bonchev–Trinajstić information content (AvgIpc) is 3.25. The van der Waals surface area contributed by atoms with Crippen LogP contribution in [0.3, 0.4) is 0 Å². The third kappa shape index (κ3) is 3.57. The highest BCUT2D eigenvalue weighted by atomic mass is 32.2. The van der Waals surface area contributed by atoms with Crippen molar-refractivity contribution in [2.24, 2.45) is 5.92 Å². The average molecular weight is 378 g/mol. The Bertz CT molecular complexity index is 708. The van der Waals surface area contributed by atoms with Gasteiger partial charge in [0.1, 0.15) is 6.04 Å². The van der Waals surface area contributed by atoms with Gasteiger partial charge in [0.2, 0.25) is 11.8 Å². The van der Waals surface area contributed by atoms with Crippen LogP contribution in [0.1, 0.15) is 12.8 Å². The summed E-state index contributed by atoms with van der Waals surface area (Å²) >= 11 is 1.62. The van der Waals surface area contributed by atoms with Crippen molar-refractivity contribution in [3.8, 4) is 0 Å². The lowest BCUT2D eigenvalue weighted by atomic mass is 10.1. The molecule has 2 aliphatic rings. The van der Waals surface area contributed by atoms with Crippen LogP contribution in [0.5, 0.6) is 0 Å². The van der Waals surface area contributed by atoms with Gasteiger partial charge in [-0.1, -0.05) is 0 Å². The molecule has 0 spiro atoms. The first-order valence-electron chi connectivity index (χ1n) is 8.45. The lowest BCUT2D eigenvalue weighted by molar-refractivity contribution is -0.149. The van der Waals surface area contributed by atoms with Gasteiger partial charge in [0.05, 0.1) is 12.0 Å². The summed E-state index contributed by atoms with van der Waals surface area (Å²) in [5, 5.41) is 9.39. The molecule has 2 heterocycles. The minimum absolute atomic E-state index is 0.101. The number of carboxylic acid groups (broad SMARTS) is 1. The quantitative estimate of drug-likeness (QED) is 0.781. The lowest BCUT2D eigenvalue weighted by Crippen LogP contribution is -2.44. The molecule has 2 fully saturated rings. The number of rotatable bonds is 5. The predicted octanol–water partition coefficient (Wildman–Crippen LogP) is 1.46. The highest BCUT2D eigenvalue weighted by Crippen LogP contribution is 2.30. The van der Waals surface area contributed by atoms with Crippen molar-refractivity contribution >= 4 is 35.2 Å². The molecule has 0 saturated carbocycles. The van der Waals surface area contributed by atoms with Crippen LogP contribution in [0.4, 0.5) is 5.69 Å². The molecule has 26 heavy (non-hydrogen) atoms. The number of anilines is 1. The zero-order valence-corrected chi connectivity index (χ0v) is 15.6. The molecule has 3 unspecified atom stereocenters. The number of hydrogen-bond donors (Lipinski definition) is 1. The summed E-state index contributed by atoms with van der Waals surface area (Å²) < 4.78 is 5.23. The molecule has 8 heteroatoms. The molecule has 7 nitrogen and oxygen atoms in total. The number of ether oxygens (including phenoxy) is 1. The van der Waals surface area contributed by atoms with Crippen molar-refractivity contribution in [3.05, 3.63) is 24.3 Å². The normalized spacial score (nSPS) is 25.8. The fourth-order valence-corrected chi connectivity index (χ4v) is 3.97. The molecular weight excluding hydrogens is 356 g/mol. The number of benzene rings is 1. The Morgan fingerprint density at radius 2 is 1.92 bits per heavy atom. The number of methoxy groups -OCH3 is 1. The zero-order chi connectivity index (χ0) is 18.8. The number of carbonyl (C=O) groups excluding carboxylic acids is 2. The van der Waals surface area contributed by atoms with E-state index in [-0.39, 0.29) is 43.8 Å². The van der Waals surface area contributed by atoms with Gasteiger partial charge in [-0.05, 0) is 30.5 Å². The van der Waals surface area contributed by atoms with Crippen LogP contribution < -0.4 is 4.90 Å². The van der Waals surface area contributed by atoms with Gasteiger partial charge in [-0.2, -0.15) is 0 Å². The third-order valence-corrected chi connectivity index (χ3v) is 5.77. The minimum atomic E-state index is -1.04. The number of carbonyl (C=O) groups is 3. The van der Waals surface area contributed by atoms with Gasteiger partial charge in [0, 0.05) is 43.6 Å². The summed E-state index contributed by atoms with van der Waals surface area (Å²) in [6.45, 7) is 0.524. The van der Waals surface area contributed by atoms with Gasteiger partial charge in [-0.25, -0.2) is 4.79 Å². The molecule has 2 saturated heterocycles. The summed E-state index contributed by atoms with van der Waals surface area (Å²) in [4.78, 5) is 40.8. The second kappa shape index (κ2) is 7.67. The fourth-order valence-electron chi connectivity index (χ4n) is 3.57. The van der Waals surface area contributed by atoms with Crippen LogP contribution in [0.15, 0.2) is 29.2 Å². The number of aliphatic carboxylic acids is 1. The Kier molecular flexibility index (Phi) is 5.52. The molecule has 3 atom stereocenters. The Morgan fingerprint density at radius 3 is 2.50 bits per heavy atom. The van der Waals surface area contributed by atoms with E-state index < -0.39 is 17.9 Å². The predicted molar refractivity (Wildman–Crippen MR) is 97.2 cm³/mol. The standard InChI is InChI=1S/C18H22N2O5S/c1-25-13-8-15(18(23)24)20(10-13)17(22)11-7-16(21)19(9-11)12-3-5-14(26-2)6-4-12/h3-6,11,13,15H,7-10H2,1-2H3,(H,23,24). The van der Waals surface area contributed by atoms with Crippen molar-refractivity contribution in [3.63, 3.8) is 0 Å². The molecule has 2 amide bonds. The van der Waals surface area contributed by atoms with E-state index in [0.717, 1.165) is 10.6 Å². The molecular formula is C18H22N2O5S. The van der Waals surface area contributed by atoms with E-state index in [2.05, 4.69) is 0 Å². The summed E-state index contributed by atoms with van der Waals surface area (Å²) in [7, 11) is 1.51. The molecule has 1 N–H and O–H groups in total. The largest absolute Gasteiger partial charge is 0.480 e. The summed E-state index contributed by atoms with van der Waals surface area (Å²) in [5.74, 6) is -1.96. The monoisotopic (exact) mass is 378 g/mol. The number of hydrogen-bond acceptors (Lipinski definition) is 5. The summed E-state index contributed by atoms with van der Waals surface area (Å²) in [6.07, 6.45) is 2.07. The molecule has 1 aromatic carbocycles. The first-order chi connectivity index (χ1) is 12.4. The van der Waals surface area contributed by atoms with Crippen LogP contribution in [-0.4, -0.2) is 66.4 Å². The summed E-state index contributed by atoms with van der Waals surface area (Å²) in [6, 6.07) is 6.72. The van der Waals surface area contributed by atoms with Crippen molar-refractivity contribution < 1.29 is 24.2 Å². The molecule has 0 aromatic heterocycles. The smallest absolute Gasteiger partial charge is 0.326 e. The Hall–Kier alpha value is -2.06. The van der Waals surface area contributed by atoms with Crippen molar-refractivity contribution in [1.29, 1.82) is 0 Å². The number of carboxylic acids is 1. The van der Waals surface area contributed by atoms with Crippen LogP contribution in [-0.2, 0) is 19.1 Å². The van der Waals surface area contributed by atoms with E-state index >= 15 is 0 Å².